The standard InChI is InChI=1S/C23H21N3O4/c1-14-22(15(2)26(3)25-14)24-21(27)13-29-17-9-10-18-20(11-17)30-12-19(23(18)28)16-7-5-4-6-8-16/h4-12H,13H2,1-3H3,(H,24,27). The molecular weight excluding hydrogens is 382 g/mol. The minimum atomic E-state index is -0.296. The smallest absolute Gasteiger partial charge is 0.262 e. The number of amides is 1. The molecule has 0 atom stereocenters. The third-order valence-electron chi connectivity index (χ3n) is 4.97. The van der Waals surface area contributed by atoms with E-state index in [2.05, 4.69) is 10.4 Å². The molecular formula is C23H21N3O4. The lowest BCUT2D eigenvalue weighted by molar-refractivity contribution is -0.118. The number of rotatable bonds is 5. The van der Waals surface area contributed by atoms with Gasteiger partial charge in [0.15, 0.2) is 12.0 Å². The molecule has 0 saturated carbocycles. The second kappa shape index (κ2) is 7.87. The van der Waals surface area contributed by atoms with Crippen molar-refractivity contribution in [3.63, 3.8) is 0 Å². The lowest BCUT2D eigenvalue weighted by atomic mass is 10.1. The molecule has 4 aromatic rings. The SMILES string of the molecule is Cc1nn(C)c(C)c1NC(=O)COc1ccc2c(=O)c(-c3ccccc3)coc2c1. The van der Waals surface area contributed by atoms with Gasteiger partial charge < -0.3 is 14.5 Å². The van der Waals surface area contributed by atoms with Crippen LogP contribution in [0.2, 0.25) is 0 Å². The van der Waals surface area contributed by atoms with Gasteiger partial charge in [0.05, 0.1) is 28.0 Å². The van der Waals surface area contributed by atoms with Crippen LogP contribution >= 0.6 is 0 Å². The third kappa shape index (κ3) is 3.69. The molecule has 4 rings (SSSR count). The van der Waals surface area contributed by atoms with Crippen LogP contribution in [0.3, 0.4) is 0 Å². The summed E-state index contributed by atoms with van der Waals surface area (Å²) >= 11 is 0. The number of nitrogens with zero attached hydrogens (tertiary/aromatic N) is 2. The number of carbonyl (C=O) groups is 1. The van der Waals surface area contributed by atoms with Gasteiger partial charge in [-0.25, -0.2) is 0 Å². The first-order chi connectivity index (χ1) is 14.4. The average Bonchev–Trinajstić information content (AvgIpc) is 2.99. The Labute approximate surface area is 172 Å². The molecule has 152 valence electrons. The van der Waals surface area contributed by atoms with Gasteiger partial charge in [-0.1, -0.05) is 30.3 Å². The van der Waals surface area contributed by atoms with E-state index in [1.807, 2.05) is 51.2 Å². The fourth-order valence-corrected chi connectivity index (χ4v) is 3.29. The molecule has 7 heteroatoms. The van der Waals surface area contributed by atoms with Crippen molar-refractivity contribution in [1.82, 2.24) is 9.78 Å². The molecule has 0 unspecified atom stereocenters. The zero-order chi connectivity index (χ0) is 21.3. The van der Waals surface area contributed by atoms with Crippen molar-refractivity contribution in [1.29, 1.82) is 0 Å². The number of nitrogens with one attached hydrogen (secondary N) is 1. The molecule has 30 heavy (non-hydrogen) atoms. The molecule has 1 N–H and O–H groups in total. The Hall–Kier alpha value is -3.87. The minimum absolute atomic E-state index is 0.116. The highest BCUT2D eigenvalue weighted by atomic mass is 16.5. The quantitative estimate of drug-likeness (QED) is 0.547. The van der Waals surface area contributed by atoms with E-state index >= 15 is 0 Å². The zero-order valence-corrected chi connectivity index (χ0v) is 16.9. The summed E-state index contributed by atoms with van der Waals surface area (Å²) in [4.78, 5) is 25.1. The van der Waals surface area contributed by atoms with Crippen molar-refractivity contribution >= 4 is 22.6 Å². The Morgan fingerprint density at radius 3 is 2.63 bits per heavy atom. The summed E-state index contributed by atoms with van der Waals surface area (Å²) in [5.74, 6) is 0.142. The van der Waals surface area contributed by atoms with Gasteiger partial charge in [-0.3, -0.25) is 14.3 Å². The van der Waals surface area contributed by atoms with Crippen molar-refractivity contribution in [3.8, 4) is 16.9 Å². The van der Waals surface area contributed by atoms with Crippen LogP contribution in [-0.2, 0) is 11.8 Å². The molecule has 0 fully saturated rings. The van der Waals surface area contributed by atoms with Crippen molar-refractivity contribution in [2.45, 2.75) is 13.8 Å². The molecule has 0 aliphatic carbocycles. The average molecular weight is 403 g/mol. The molecule has 0 bridgehead atoms. The maximum atomic E-state index is 12.8. The van der Waals surface area contributed by atoms with E-state index in [1.54, 1.807) is 22.9 Å². The number of aryl methyl sites for hydroxylation is 2. The van der Waals surface area contributed by atoms with Gasteiger partial charge >= 0.3 is 0 Å². The number of fused-ring (bicyclic) bond motifs is 1. The van der Waals surface area contributed by atoms with Crippen molar-refractivity contribution in [3.05, 3.63) is 76.4 Å². The van der Waals surface area contributed by atoms with Crippen LogP contribution in [0.25, 0.3) is 22.1 Å². The Morgan fingerprint density at radius 2 is 1.93 bits per heavy atom. The number of carbonyl (C=O) groups excluding carboxylic acids is 1. The second-order valence-electron chi connectivity index (χ2n) is 7.01. The van der Waals surface area contributed by atoms with E-state index in [0.717, 1.165) is 17.0 Å². The number of aromatic nitrogens is 2. The molecule has 0 radical (unpaired) electrons. The molecule has 2 heterocycles. The number of hydrogen-bond donors (Lipinski definition) is 1. The fourth-order valence-electron chi connectivity index (χ4n) is 3.29. The molecule has 7 nitrogen and oxygen atoms in total. The van der Waals surface area contributed by atoms with Crippen LogP contribution in [0.5, 0.6) is 5.75 Å². The lowest BCUT2D eigenvalue weighted by Gasteiger charge is -2.09. The van der Waals surface area contributed by atoms with Crippen LogP contribution in [0.1, 0.15) is 11.4 Å². The second-order valence-corrected chi connectivity index (χ2v) is 7.01. The lowest BCUT2D eigenvalue weighted by Crippen LogP contribution is -2.21. The Balaban J connectivity index is 1.50. The number of hydrogen-bond acceptors (Lipinski definition) is 5. The Bertz CT molecular complexity index is 1290. The molecule has 0 aliphatic rings. The maximum Gasteiger partial charge on any atom is 0.262 e. The molecule has 2 aromatic carbocycles. The molecule has 2 aromatic heterocycles. The molecule has 1 amide bonds. The summed E-state index contributed by atoms with van der Waals surface area (Å²) in [6.45, 7) is 3.54. The van der Waals surface area contributed by atoms with E-state index in [9.17, 15) is 9.59 Å². The largest absolute Gasteiger partial charge is 0.484 e. The molecule has 0 aliphatic heterocycles. The molecule has 0 spiro atoms. The number of ether oxygens (including phenoxy) is 1. The normalized spacial score (nSPS) is 10.9. The zero-order valence-electron chi connectivity index (χ0n) is 16.9. The van der Waals surface area contributed by atoms with E-state index in [-0.39, 0.29) is 17.9 Å². The monoisotopic (exact) mass is 403 g/mol. The van der Waals surface area contributed by atoms with Crippen molar-refractivity contribution in [2.24, 2.45) is 7.05 Å². The molecule has 0 saturated heterocycles. The van der Waals surface area contributed by atoms with Crippen molar-refractivity contribution in [2.75, 3.05) is 11.9 Å². The van der Waals surface area contributed by atoms with Crippen LogP contribution < -0.4 is 15.5 Å². The maximum absolute atomic E-state index is 12.8. The predicted molar refractivity (Wildman–Crippen MR) is 115 cm³/mol. The first-order valence-electron chi connectivity index (χ1n) is 9.48. The van der Waals surface area contributed by atoms with Crippen molar-refractivity contribution < 1.29 is 13.9 Å². The third-order valence-corrected chi connectivity index (χ3v) is 4.97. The Morgan fingerprint density at radius 1 is 1.17 bits per heavy atom. The van der Waals surface area contributed by atoms with E-state index in [1.165, 1.54) is 6.26 Å². The van der Waals surface area contributed by atoms with E-state index < -0.39 is 0 Å². The summed E-state index contributed by atoms with van der Waals surface area (Å²) in [5, 5.41) is 7.55. The summed E-state index contributed by atoms with van der Waals surface area (Å²) in [6.07, 6.45) is 1.45. The van der Waals surface area contributed by atoms with Gasteiger partial charge in [0, 0.05) is 13.1 Å². The minimum Gasteiger partial charge on any atom is -0.484 e. The summed E-state index contributed by atoms with van der Waals surface area (Å²) < 4.78 is 13.0. The van der Waals surface area contributed by atoms with Crippen LogP contribution in [0.15, 0.2) is 64.0 Å². The van der Waals surface area contributed by atoms with Crippen LogP contribution in [0.4, 0.5) is 5.69 Å². The van der Waals surface area contributed by atoms with Gasteiger partial charge in [0.25, 0.3) is 5.91 Å². The van der Waals surface area contributed by atoms with E-state index in [4.69, 9.17) is 9.15 Å². The topological polar surface area (TPSA) is 86.4 Å². The first kappa shape index (κ1) is 19.4. The summed E-state index contributed by atoms with van der Waals surface area (Å²) in [7, 11) is 1.82. The highest BCUT2D eigenvalue weighted by molar-refractivity contribution is 5.93. The highest BCUT2D eigenvalue weighted by Crippen LogP contribution is 2.23. The fraction of sp³-hybridized carbons (Fsp3) is 0.174. The van der Waals surface area contributed by atoms with Crippen LogP contribution in [-0.4, -0.2) is 22.3 Å². The predicted octanol–water partition coefficient (Wildman–Crippen LogP) is 3.83. The van der Waals surface area contributed by atoms with Gasteiger partial charge in [-0.2, -0.15) is 5.10 Å². The van der Waals surface area contributed by atoms with Gasteiger partial charge in [-0.05, 0) is 31.5 Å². The number of benzene rings is 2. The summed E-state index contributed by atoms with van der Waals surface area (Å²) in [6, 6.07) is 14.3. The number of anilines is 1. The van der Waals surface area contributed by atoms with Gasteiger partial charge in [0.2, 0.25) is 0 Å². The highest BCUT2D eigenvalue weighted by Gasteiger charge is 2.14. The van der Waals surface area contributed by atoms with Gasteiger partial charge in [0.1, 0.15) is 17.6 Å². The Kier molecular flexibility index (Phi) is 5.10. The van der Waals surface area contributed by atoms with E-state index in [0.29, 0.717) is 28.0 Å². The van der Waals surface area contributed by atoms with Gasteiger partial charge in [-0.15, -0.1) is 0 Å². The first-order valence-corrected chi connectivity index (χ1v) is 9.48. The summed E-state index contributed by atoms with van der Waals surface area (Å²) in [5.41, 5.74) is 3.87. The van der Waals surface area contributed by atoms with Crippen LogP contribution in [0, 0.1) is 13.8 Å².